The van der Waals surface area contributed by atoms with Gasteiger partial charge >= 0.3 is 6.09 Å². The zero-order valence-electron chi connectivity index (χ0n) is 14.6. The second-order valence-electron chi connectivity index (χ2n) is 6.60. The average molecular weight is 340 g/mol. The molecule has 3 rings (SSSR count). The van der Waals surface area contributed by atoms with Gasteiger partial charge in [0, 0.05) is 18.9 Å². The molecule has 7 nitrogen and oxygen atoms in total. The fourth-order valence-corrected chi connectivity index (χ4v) is 2.28. The van der Waals surface area contributed by atoms with Gasteiger partial charge in [0.05, 0.1) is 5.39 Å². The molecule has 0 atom stereocenters. The van der Waals surface area contributed by atoms with Crippen molar-refractivity contribution in [3.8, 4) is 11.6 Å². The summed E-state index contributed by atoms with van der Waals surface area (Å²) >= 11 is 0. The van der Waals surface area contributed by atoms with Crippen LogP contribution in [-0.4, -0.2) is 26.2 Å². The molecule has 7 heteroatoms. The van der Waals surface area contributed by atoms with Crippen molar-refractivity contribution in [2.75, 3.05) is 5.32 Å². The highest BCUT2D eigenvalue weighted by molar-refractivity contribution is 5.85. The van der Waals surface area contributed by atoms with Crippen molar-refractivity contribution in [1.82, 2.24) is 14.5 Å². The molecule has 0 saturated heterocycles. The van der Waals surface area contributed by atoms with Crippen molar-refractivity contribution in [3.05, 3.63) is 42.9 Å². The van der Waals surface area contributed by atoms with Gasteiger partial charge in [0.1, 0.15) is 23.3 Å². The number of ether oxygens (including phenoxy) is 2. The van der Waals surface area contributed by atoms with Gasteiger partial charge in [-0.1, -0.05) is 0 Å². The number of fused-ring (bicyclic) bond motifs is 1. The molecule has 130 valence electrons. The van der Waals surface area contributed by atoms with Crippen LogP contribution in [0.1, 0.15) is 20.8 Å². The van der Waals surface area contributed by atoms with E-state index >= 15 is 0 Å². The second kappa shape index (κ2) is 6.43. The minimum Gasteiger partial charge on any atom is -0.444 e. The zero-order valence-corrected chi connectivity index (χ0v) is 14.6. The minimum absolute atomic E-state index is 0.485. The van der Waals surface area contributed by atoms with Crippen LogP contribution in [0.15, 0.2) is 42.9 Å². The Hall–Kier alpha value is -3.09. The van der Waals surface area contributed by atoms with E-state index in [1.165, 1.54) is 6.33 Å². The molecule has 0 saturated carbocycles. The van der Waals surface area contributed by atoms with E-state index in [1.807, 2.05) is 44.6 Å². The molecule has 1 N–H and O–H groups in total. The van der Waals surface area contributed by atoms with Crippen LogP contribution in [0.2, 0.25) is 0 Å². The number of nitrogens with zero attached hydrogens (tertiary/aromatic N) is 3. The molecule has 1 aromatic carbocycles. The van der Waals surface area contributed by atoms with Gasteiger partial charge < -0.3 is 14.0 Å². The maximum Gasteiger partial charge on any atom is 0.412 e. The number of carbonyl (C=O) groups excluding carboxylic acids is 1. The average Bonchev–Trinajstić information content (AvgIpc) is 2.90. The van der Waals surface area contributed by atoms with Crippen LogP contribution in [-0.2, 0) is 11.8 Å². The van der Waals surface area contributed by atoms with Crippen LogP contribution in [0.25, 0.3) is 11.0 Å². The lowest BCUT2D eigenvalue weighted by atomic mass is 10.2. The molecule has 25 heavy (non-hydrogen) atoms. The first-order valence-corrected chi connectivity index (χ1v) is 7.86. The Labute approximate surface area is 145 Å². The van der Waals surface area contributed by atoms with Crippen LogP contribution in [0.4, 0.5) is 10.5 Å². The standard InChI is InChI=1S/C18H20N4O3/c1-18(2,3)25-17(23)21-12-5-7-13(8-6-12)24-16-14-9-10-22(4)15(14)19-11-20-16/h5-11H,1-4H3,(H,21,23). The summed E-state index contributed by atoms with van der Waals surface area (Å²) < 4.78 is 13.0. The maximum atomic E-state index is 11.8. The topological polar surface area (TPSA) is 78.3 Å². The first kappa shape index (κ1) is 16.8. The third-order valence-electron chi connectivity index (χ3n) is 3.34. The lowest BCUT2D eigenvalue weighted by molar-refractivity contribution is 0.0636. The van der Waals surface area contributed by atoms with E-state index < -0.39 is 11.7 Å². The summed E-state index contributed by atoms with van der Waals surface area (Å²) in [5.41, 5.74) is 0.878. The van der Waals surface area contributed by atoms with Gasteiger partial charge in [-0.2, -0.15) is 0 Å². The number of anilines is 1. The highest BCUT2D eigenvalue weighted by atomic mass is 16.6. The number of aromatic nitrogens is 3. The molecule has 2 heterocycles. The van der Waals surface area contributed by atoms with Crippen LogP contribution in [0, 0.1) is 0 Å². The number of carbonyl (C=O) groups is 1. The van der Waals surface area contributed by atoms with Crippen molar-refractivity contribution in [3.63, 3.8) is 0 Å². The largest absolute Gasteiger partial charge is 0.444 e. The highest BCUT2D eigenvalue weighted by Gasteiger charge is 2.16. The van der Waals surface area contributed by atoms with Crippen LogP contribution >= 0.6 is 0 Å². The summed E-state index contributed by atoms with van der Waals surface area (Å²) in [6.07, 6.45) is 2.87. The summed E-state index contributed by atoms with van der Waals surface area (Å²) in [6, 6.07) is 8.89. The summed E-state index contributed by atoms with van der Waals surface area (Å²) in [7, 11) is 1.91. The Kier molecular flexibility index (Phi) is 4.31. The first-order valence-electron chi connectivity index (χ1n) is 7.86. The first-order chi connectivity index (χ1) is 11.8. The Bertz CT molecular complexity index is 895. The van der Waals surface area contributed by atoms with Crippen molar-refractivity contribution in [1.29, 1.82) is 0 Å². The predicted octanol–water partition coefficient (Wildman–Crippen LogP) is 4.11. The summed E-state index contributed by atoms with van der Waals surface area (Å²) in [5, 5.41) is 3.51. The Morgan fingerprint density at radius 1 is 1.12 bits per heavy atom. The normalized spacial score (nSPS) is 11.4. The molecule has 0 aliphatic rings. The van der Waals surface area contributed by atoms with Crippen molar-refractivity contribution >= 4 is 22.8 Å². The smallest absolute Gasteiger partial charge is 0.412 e. The number of nitrogens with one attached hydrogen (secondary N) is 1. The molecule has 0 radical (unpaired) electrons. The van der Waals surface area contributed by atoms with Crippen molar-refractivity contribution in [2.45, 2.75) is 26.4 Å². The van der Waals surface area contributed by atoms with Gasteiger partial charge in [-0.25, -0.2) is 14.8 Å². The number of hydrogen-bond donors (Lipinski definition) is 1. The number of aryl methyl sites for hydroxylation is 1. The van der Waals surface area contributed by atoms with Gasteiger partial charge in [-0.05, 0) is 51.1 Å². The lowest BCUT2D eigenvalue weighted by Gasteiger charge is -2.19. The molecule has 0 aliphatic carbocycles. The molecule has 2 aromatic heterocycles. The van der Waals surface area contributed by atoms with E-state index in [-0.39, 0.29) is 0 Å². The maximum absolute atomic E-state index is 11.8. The number of hydrogen-bond acceptors (Lipinski definition) is 5. The lowest BCUT2D eigenvalue weighted by Crippen LogP contribution is -2.27. The molecule has 0 fully saturated rings. The van der Waals surface area contributed by atoms with Crippen LogP contribution in [0.5, 0.6) is 11.6 Å². The van der Waals surface area contributed by atoms with E-state index in [4.69, 9.17) is 9.47 Å². The minimum atomic E-state index is -0.540. The van der Waals surface area contributed by atoms with E-state index in [1.54, 1.807) is 24.3 Å². The Balaban J connectivity index is 1.71. The fraction of sp³-hybridized carbons (Fsp3) is 0.278. The fourth-order valence-electron chi connectivity index (χ4n) is 2.28. The van der Waals surface area contributed by atoms with Gasteiger partial charge in [0.15, 0.2) is 0 Å². The zero-order chi connectivity index (χ0) is 18.0. The Morgan fingerprint density at radius 3 is 2.52 bits per heavy atom. The number of amides is 1. The molecule has 0 bridgehead atoms. The predicted molar refractivity (Wildman–Crippen MR) is 94.9 cm³/mol. The summed E-state index contributed by atoms with van der Waals surface area (Å²) in [5.74, 6) is 1.09. The molecule has 3 aromatic rings. The number of rotatable bonds is 3. The third kappa shape index (κ3) is 4.06. The molecular weight excluding hydrogens is 320 g/mol. The second-order valence-corrected chi connectivity index (χ2v) is 6.60. The SMILES string of the molecule is Cn1ccc2c(Oc3ccc(NC(=O)OC(C)(C)C)cc3)ncnc21. The summed E-state index contributed by atoms with van der Waals surface area (Å²) in [4.78, 5) is 20.2. The van der Waals surface area contributed by atoms with E-state index in [2.05, 4.69) is 15.3 Å². The molecule has 0 unspecified atom stereocenters. The van der Waals surface area contributed by atoms with Crippen molar-refractivity contribution < 1.29 is 14.3 Å². The molecule has 0 spiro atoms. The third-order valence-corrected chi connectivity index (χ3v) is 3.34. The van der Waals surface area contributed by atoms with Crippen molar-refractivity contribution in [2.24, 2.45) is 7.05 Å². The van der Waals surface area contributed by atoms with Crippen LogP contribution in [0.3, 0.4) is 0 Å². The van der Waals surface area contributed by atoms with Crippen LogP contribution < -0.4 is 10.1 Å². The van der Waals surface area contributed by atoms with E-state index in [0.29, 0.717) is 17.3 Å². The van der Waals surface area contributed by atoms with Gasteiger partial charge in [-0.3, -0.25) is 5.32 Å². The Morgan fingerprint density at radius 2 is 1.84 bits per heavy atom. The number of benzene rings is 1. The van der Waals surface area contributed by atoms with E-state index in [9.17, 15) is 4.79 Å². The molecular formula is C18H20N4O3. The molecule has 0 aliphatic heterocycles. The van der Waals surface area contributed by atoms with Gasteiger partial charge in [-0.15, -0.1) is 0 Å². The molecule has 1 amide bonds. The quantitative estimate of drug-likeness (QED) is 0.776. The highest BCUT2D eigenvalue weighted by Crippen LogP contribution is 2.27. The monoisotopic (exact) mass is 340 g/mol. The van der Waals surface area contributed by atoms with E-state index in [0.717, 1.165) is 11.0 Å². The summed E-state index contributed by atoms with van der Waals surface area (Å²) in [6.45, 7) is 5.45. The van der Waals surface area contributed by atoms with Gasteiger partial charge in [0.25, 0.3) is 0 Å². The van der Waals surface area contributed by atoms with Gasteiger partial charge in [0.2, 0.25) is 5.88 Å².